The van der Waals surface area contributed by atoms with Crippen LogP contribution in [0.3, 0.4) is 0 Å². The molecular weight excluding hydrogens is 408 g/mol. The van der Waals surface area contributed by atoms with Gasteiger partial charge in [0.25, 0.3) is 11.7 Å². The minimum absolute atomic E-state index is 0. The Morgan fingerprint density at radius 3 is 2.93 bits per heavy atom. The molecule has 29 heavy (non-hydrogen) atoms. The summed E-state index contributed by atoms with van der Waals surface area (Å²) in [6.45, 7) is 5.80. The third kappa shape index (κ3) is 5.07. The number of carbonyl (C=O) groups excluding carboxylic acids is 1. The first-order chi connectivity index (χ1) is 13.6. The van der Waals surface area contributed by atoms with E-state index in [0.717, 1.165) is 48.4 Å². The van der Waals surface area contributed by atoms with Crippen molar-refractivity contribution in [3.63, 3.8) is 0 Å². The second-order valence-electron chi connectivity index (χ2n) is 7.11. The number of carbonyl (C=O) groups is 1. The number of aromatic nitrogens is 4. The minimum Gasteiger partial charge on any atom is -0.348 e. The number of piperidine rings is 1. The standard InChI is InChI=1S/C20H24N6OS.ClH/c1-13-10-14(2)26-19(22-13)24-20(25-26)28-12-15-6-3-4-8-17(15)18(27)23-16-7-5-9-21-11-16;/h3-4,6,8,10,16,21H,5,7,9,11-12H2,1-2H3,(H,23,27);1H. The maximum absolute atomic E-state index is 12.8. The molecule has 0 spiro atoms. The molecule has 154 valence electrons. The van der Waals surface area contributed by atoms with Crippen LogP contribution in [-0.2, 0) is 5.75 Å². The lowest BCUT2D eigenvalue weighted by atomic mass is 10.1. The van der Waals surface area contributed by atoms with Crippen LogP contribution < -0.4 is 10.6 Å². The van der Waals surface area contributed by atoms with Gasteiger partial charge in [-0.1, -0.05) is 30.0 Å². The van der Waals surface area contributed by atoms with Gasteiger partial charge in [0.05, 0.1) is 0 Å². The first kappa shape index (κ1) is 21.5. The zero-order valence-corrected chi connectivity index (χ0v) is 18.1. The van der Waals surface area contributed by atoms with E-state index < -0.39 is 0 Å². The highest BCUT2D eigenvalue weighted by atomic mass is 35.5. The van der Waals surface area contributed by atoms with Crippen LogP contribution in [0.15, 0.2) is 35.5 Å². The molecule has 1 aliphatic heterocycles. The van der Waals surface area contributed by atoms with Gasteiger partial charge >= 0.3 is 0 Å². The zero-order chi connectivity index (χ0) is 19.5. The third-order valence-electron chi connectivity index (χ3n) is 4.85. The summed E-state index contributed by atoms with van der Waals surface area (Å²) in [6.07, 6.45) is 2.11. The second kappa shape index (κ2) is 9.56. The van der Waals surface area contributed by atoms with Gasteiger partial charge in [0.2, 0.25) is 5.16 Å². The van der Waals surface area contributed by atoms with Gasteiger partial charge in [-0.15, -0.1) is 17.5 Å². The van der Waals surface area contributed by atoms with Crippen molar-refractivity contribution in [1.82, 2.24) is 30.2 Å². The van der Waals surface area contributed by atoms with Crippen LogP contribution >= 0.6 is 24.2 Å². The first-order valence-electron chi connectivity index (χ1n) is 9.53. The number of hydrogen-bond acceptors (Lipinski definition) is 6. The van der Waals surface area contributed by atoms with Crippen molar-refractivity contribution in [2.45, 2.75) is 43.6 Å². The monoisotopic (exact) mass is 432 g/mol. The average Bonchev–Trinajstić information content (AvgIpc) is 3.10. The molecule has 2 aromatic heterocycles. The summed E-state index contributed by atoms with van der Waals surface area (Å²) >= 11 is 1.52. The van der Waals surface area contributed by atoms with Crippen LogP contribution in [0.5, 0.6) is 0 Å². The normalized spacial score (nSPS) is 16.4. The second-order valence-corrected chi connectivity index (χ2v) is 8.05. The molecule has 0 radical (unpaired) electrons. The van der Waals surface area contributed by atoms with Crippen molar-refractivity contribution in [2.24, 2.45) is 0 Å². The molecule has 1 fully saturated rings. The number of halogens is 1. The number of thioether (sulfide) groups is 1. The molecule has 0 bridgehead atoms. The summed E-state index contributed by atoms with van der Waals surface area (Å²) in [4.78, 5) is 21.7. The molecule has 4 rings (SSSR count). The predicted molar refractivity (Wildman–Crippen MR) is 117 cm³/mol. The van der Waals surface area contributed by atoms with E-state index in [-0.39, 0.29) is 24.4 Å². The lowest BCUT2D eigenvalue weighted by molar-refractivity contribution is 0.0930. The van der Waals surface area contributed by atoms with Crippen LogP contribution in [0.25, 0.3) is 5.78 Å². The van der Waals surface area contributed by atoms with Crippen molar-refractivity contribution in [2.75, 3.05) is 13.1 Å². The van der Waals surface area contributed by atoms with Crippen molar-refractivity contribution in [3.05, 3.63) is 52.8 Å². The van der Waals surface area contributed by atoms with E-state index in [2.05, 4.69) is 25.7 Å². The number of nitrogens with zero attached hydrogens (tertiary/aromatic N) is 4. The highest BCUT2D eigenvalue weighted by Gasteiger charge is 2.18. The summed E-state index contributed by atoms with van der Waals surface area (Å²) < 4.78 is 1.75. The van der Waals surface area contributed by atoms with Crippen LogP contribution in [0, 0.1) is 13.8 Å². The Hall–Kier alpha value is -2.16. The number of aryl methyl sites for hydroxylation is 2. The fourth-order valence-electron chi connectivity index (χ4n) is 3.46. The number of benzene rings is 1. The summed E-state index contributed by atoms with van der Waals surface area (Å²) in [6, 6.07) is 9.91. The summed E-state index contributed by atoms with van der Waals surface area (Å²) in [5, 5.41) is 11.7. The Bertz CT molecular complexity index is 1000. The Morgan fingerprint density at radius 2 is 2.14 bits per heavy atom. The van der Waals surface area contributed by atoms with Crippen molar-refractivity contribution < 1.29 is 4.79 Å². The molecule has 3 heterocycles. The average molecular weight is 433 g/mol. The van der Waals surface area contributed by atoms with Gasteiger partial charge in [0, 0.05) is 35.3 Å². The van der Waals surface area contributed by atoms with Crippen LogP contribution in [-0.4, -0.2) is 44.6 Å². The van der Waals surface area contributed by atoms with Crippen molar-refractivity contribution in [1.29, 1.82) is 0 Å². The fraction of sp³-hybridized carbons (Fsp3) is 0.400. The van der Waals surface area contributed by atoms with Gasteiger partial charge in [0.15, 0.2) is 0 Å². The first-order valence-corrected chi connectivity index (χ1v) is 10.5. The zero-order valence-electron chi connectivity index (χ0n) is 16.5. The van der Waals surface area contributed by atoms with Crippen LogP contribution in [0.1, 0.15) is 40.2 Å². The number of fused-ring (bicyclic) bond motifs is 1. The Kier molecular flexibility index (Phi) is 7.10. The number of amides is 1. The molecule has 1 amide bonds. The predicted octanol–water partition coefficient (Wildman–Crippen LogP) is 2.94. The largest absolute Gasteiger partial charge is 0.348 e. The maximum atomic E-state index is 12.8. The molecule has 1 aliphatic rings. The topological polar surface area (TPSA) is 84.2 Å². The van der Waals surface area contributed by atoms with Crippen LogP contribution in [0.4, 0.5) is 0 Å². The number of rotatable bonds is 5. The van der Waals surface area contributed by atoms with Gasteiger partial charge in [-0.2, -0.15) is 4.98 Å². The molecule has 0 saturated carbocycles. The number of hydrogen-bond donors (Lipinski definition) is 2. The summed E-state index contributed by atoms with van der Waals surface area (Å²) in [5.74, 6) is 1.22. The quantitative estimate of drug-likeness (QED) is 0.603. The molecule has 1 saturated heterocycles. The van der Waals surface area contributed by atoms with Gasteiger partial charge in [0.1, 0.15) is 0 Å². The van der Waals surface area contributed by atoms with E-state index in [0.29, 0.717) is 16.7 Å². The molecule has 3 aromatic rings. The molecule has 2 N–H and O–H groups in total. The van der Waals surface area contributed by atoms with E-state index in [4.69, 9.17) is 0 Å². The molecule has 1 atom stereocenters. The highest BCUT2D eigenvalue weighted by Crippen LogP contribution is 2.23. The summed E-state index contributed by atoms with van der Waals surface area (Å²) in [5.41, 5.74) is 3.62. The van der Waals surface area contributed by atoms with E-state index >= 15 is 0 Å². The lowest BCUT2D eigenvalue weighted by Crippen LogP contribution is -2.45. The maximum Gasteiger partial charge on any atom is 0.253 e. The minimum atomic E-state index is -0.0130. The van der Waals surface area contributed by atoms with E-state index in [9.17, 15) is 4.79 Å². The fourth-order valence-corrected chi connectivity index (χ4v) is 4.28. The Labute approximate surface area is 180 Å². The smallest absolute Gasteiger partial charge is 0.253 e. The van der Waals surface area contributed by atoms with Crippen molar-refractivity contribution in [3.8, 4) is 0 Å². The summed E-state index contributed by atoms with van der Waals surface area (Å²) in [7, 11) is 0. The molecule has 7 nitrogen and oxygen atoms in total. The van der Waals surface area contributed by atoms with E-state index in [1.807, 2.05) is 44.2 Å². The molecule has 1 aromatic carbocycles. The SMILES string of the molecule is Cc1cc(C)n2nc(SCc3ccccc3C(=O)NC3CCCNC3)nc2n1.Cl. The molecule has 0 aliphatic carbocycles. The highest BCUT2D eigenvalue weighted by molar-refractivity contribution is 7.98. The Morgan fingerprint density at radius 1 is 1.31 bits per heavy atom. The van der Waals surface area contributed by atoms with E-state index in [1.165, 1.54) is 11.8 Å². The molecule has 9 heteroatoms. The van der Waals surface area contributed by atoms with Gasteiger partial charge in [-0.3, -0.25) is 4.79 Å². The van der Waals surface area contributed by atoms with E-state index in [1.54, 1.807) is 4.52 Å². The number of nitrogens with one attached hydrogen (secondary N) is 2. The van der Waals surface area contributed by atoms with Gasteiger partial charge in [-0.25, -0.2) is 9.50 Å². The Balaban J connectivity index is 0.00000240. The third-order valence-corrected chi connectivity index (χ3v) is 5.74. The van der Waals surface area contributed by atoms with Crippen molar-refractivity contribution >= 4 is 35.9 Å². The van der Waals surface area contributed by atoms with Gasteiger partial charge in [-0.05, 0) is 50.9 Å². The van der Waals surface area contributed by atoms with Gasteiger partial charge < -0.3 is 10.6 Å². The molecule has 1 unspecified atom stereocenters. The van der Waals surface area contributed by atoms with Crippen LogP contribution in [0.2, 0.25) is 0 Å². The lowest BCUT2D eigenvalue weighted by Gasteiger charge is -2.24. The molecular formula is C20H25ClN6OS.